The largest absolute Gasteiger partial charge is 0.356 e. The number of halogens is 1. The third-order valence-corrected chi connectivity index (χ3v) is 4.34. The summed E-state index contributed by atoms with van der Waals surface area (Å²) in [5, 5.41) is 4.16. The van der Waals surface area contributed by atoms with E-state index in [9.17, 15) is 4.79 Å². The molecule has 1 aliphatic heterocycles. The maximum atomic E-state index is 12.0. The van der Waals surface area contributed by atoms with Crippen LogP contribution in [0.5, 0.6) is 0 Å². The molecule has 1 aromatic heterocycles. The Morgan fingerprint density at radius 2 is 2.44 bits per heavy atom. The van der Waals surface area contributed by atoms with Gasteiger partial charge in [0.25, 0.3) is 5.56 Å². The molecule has 0 spiro atoms. The maximum absolute atomic E-state index is 12.0. The van der Waals surface area contributed by atoms with Crippen LogP contribution in [0, 0.1) is 0 Å². The maximum Gasteiger partial charge on any atom is 0.284 e. The molecule has 1 aliphatic rings. The van der Waals surface area contributed by atoms with Crippen molar-refractivity contribution in [1.29, 1.82) is 0 Å². The number of hydrogen-bond acceptors (Lipinski definition) is 4. The van der Waals surface area contributed by atoms with Gasteiger partial charge in [-0.3, -0.25) is 4.79 Å². The van der Waals surface area contributed by atoms with Gasteiger partial charge in [0.1, 0.15) is 0 Å². The van der Waals surface area contributed by atoms with Crippen LogP contribution < -0.4 is 5.56 Å². The minimum Gasteiger partial charge on any atom is -0.356 e. The normalized spacial score (nSPS) is 21.0. The Morgan fingerprint density at radius 1 is 1.62 bits per heavy atom. The summed E-state index contributed by atoms with van der Waals surface area (Å²) in [5.41, 5.74) is -0.112. The summed E-state index contributed by atoms with van der Waals surface area (Å²) < 4.78 is 7.55. The summed E-state index contributed by atoms with van der Waals surface area (Å²) in [4.78, 5) is 12.9. The van der Waals surface area contributed by atoms with Gasteiger partial charge in [0.2, 0.25) is 0 Å². The lowest BCUT2D eigenvalue weighted by molar-refractivity contribution is -0.0428. The second-order valence-corrected chi connectivity index (χ2v) is 5.24. The van der Waals surface area contributed by atoms with Crippen LogP contribution in [0.2, 0.25) is 0 Å². The molecule has 88 valence electrons. The van der Waals surface area contributed by atoms with Gasteiger partial charge < -0.3 is 4.74 Å². The first-order chi connectivity index (χ1) is 7.74. The van der Waals surface area contributed by atoms with Gasteiger partial charge in [0, 0.05) is 11.5 Å². The molecule has 1 fully saturated rings. The third-order valence-electron chi connectivity index (χ3n) is 2.56. The molecular formula is C10H13BrN2O2S. The predicted molar refractivity (Wildman–Crippen MR) is 66.8 cm³/mol. The van der Waals surface area contributed by atoms with Gasteiger partial charge in [-0.25, -0.2) is 0 Å². The lowest BCUT2D eigenvalue weighted by Gasteiger charge is -2.23. The highest BCUT2D eigenvalue weighted by atomic mass is 79.9. The quantitative estimate of drug-likeness (QED) is 0.787. The second-order valence-electron chi connectivity index (χ2n) is 3.60. The molecule has 0 aromatic carbocycles. The molecule has 16 heavy (non-hydrogen) atoms. The van der Waals surface area contributed by atoms with Crippen molar-refractivity contribution in [3.05, 3.63) is 21.0 Å². The van der Waals surface area contributed by atoms with Gasteiger partial charge >= 0.3 is 0 Å². The van der Waals surface area contributed by atoms with Crippen LogP contribution in [-0.4, -0.2) is 22.6 Å². The number of hydrogen-bond donors (Lipinski definition) is 0. The van der Waals surface area contributed by atoms with E-state index in [2.05, 4.69) is 21.0 Å². The van der Waals surface area contributed by atoms with Crippen molar-refractivity contribution in [1.82, 2.24) is 9.78 Å². The summed E-state index contributed by atoms with van der Waals surface area (Å²) in [6.45, 7) is 0.709. The fourth-order valence-corrected chi connectivity index (χ4v) is 2.88. The molecule has 0 bridgehead atoms. The molecule has 0 amide bonds. The predicted octanol–water partition coefficient (Wildman–Crippen LogP) is 2.43. The van der Waals surface area contributed by atoms with Crippen LogP contribution in [-0.2, 0) is 4.74 Å². The van der Waals surface area contributed by atoms with Crippen molar-refractivity contribution in [3.63, 3.8) is 0 Å². The molecule has 2 rings (SSSR count). The Morgan fingerprint density at radius 3 is 3.06 bits per heavy atom. The zero-order valence-electron chi connectivity index (χ0n) is 8.98. The van der Waals surface area contributed by atoms with Gasteiger partial charge in [-0.15, -0.1) is 11.8 Å². The van der Waals surface area contributed by atoms with E-state index >= 15 is 0 Å². The molecule has 0 radical (unpaired) electrons. The SMILES string of the molecule is CSc1cnn(C2CCCCO2)c(=O)c1Br. The summed E-state index contributed by atoms with van der Waals surface area (Å²) in [7, 11) is 0. The molecule has 1 saturated heterocycles. The standard InChI is InChI=1S/C10H13BrN2O2S/c1-16-7-6-12-13(10(14)9(7)11)8-4-2-3-5-15-8/h6,8H,2-5H2,1H3. The number of thioether (sulfide) groups is 1. The third kappa shape index (κ3) is 2.33. The minimum atomic E-state index is -0.201. The minimum absolute atomic E-state index is 0.112. The van der Waals surface area contributed by atoms with E-state index in [4.69, 9.17) is 4.74 Å². The van der Waals surface area contributed by atoms with E-state index in [0.717, 1.165) is 24.2 Å². The number of nitrogens with zero attached hydrogens (tertiary/aromatic N) is 2. The molecule has 2 heterocycles. The van der Waals surface area contributed by atoms with Crippen molar-refractivity contribution in [2.45, 2.75) is 30.4 Å². The van der Waals surface area contributed by atoms with Gasteiger partial charge in [-0.1, -0.05) is 0 Å². The number of ether oxygens (including phenoxy) is 1. The molecule has 0 saturated carbocycles. The highest BCUT2D eigenvalue weighted by molar-refractivity contribution is 9.10. The zero-order valence-corrected chi connectivity index (χ0v) is 11.4. The van der Waals surface area contributed by atoms with Gasteiger partial charge in [0.05, 0.1) is 10.7 Å². The van der Waals surface area contributed by atoms with Gasteiger partial charge in [0.15, 0.2) is 6.23 Å². The van der Waals surface area contributed by atoms with Crippen molar-refractivity contribution in [2.24, 2.45) is 0 Å². The molecule has 4 nitrogen and oxygen atoms in total. The summed E-state index contributed by atoms with van der Waals surface area (Å²) in [6.07, 6.45) is 6.43. The van der Waals surface area contributed by atoms with Crippen molar-refractivity contribution < 1.29 is 4.74 Å². The van der Waals surface area contributed by atoms with Gasteiger partial charge in [-0.05, 0) is 41.4 Å². The van der Waals surface area contributed by atoms with Crippen LogP contribution in [0.1, 0.15) is 25.5 Å². The van der Waals surface area contributed by atoms with E-state index in [1.165, 1.54) is 16.4 Å². The lowest BCUT2D eigenvalue weighted by Crippen LogP contribution is -2.31. The average Bonchev–Trinajstić information content (AvgIpc) is 2.34. The van der Waals surface area contributed by atoms with Crippen LogP contribution in [0.3, 0.4) is 0 Å². The highest BCUT2D eigenvalue weighted by Gasteiger charge is 2.19. The monoisotopic (exact) mass is 304 g/mol. The van der Waals surface area contributed by atoms with Crippen molar-refractivity contribution in [3.8, 4) is 0 Å². The molecule has 0 aliphatic carbocycles. The average molecular weight is 305 g/mol. The summed E-state index contributed by atoms with van der Waals surface area (Å²) in [6, 6.07) is 0. The molecule has 1 aromatic rings. The molecule has 6 heteroatoms. The van der Waals surface area contributed by atoms with E-state index in [1.54, 1.807) is 6.20 Å². The Balaban J connectivity index is 2.34. The first kappa shape index (κ1) is 12.1. The van der Waals surface area contributed by atoms with Crippen LogP contribution >= 0.6 is 27.7 Å². The Hall–Kier alpha value is -0.330. The highest BCUT2D eigenvalue weighted by Crippen LogP contribution is 2.24. The van der Waals surface area contributed by atoms with E-state index in [-0.39, 0.29) is 11.8 Å². The molecule has 1 unspecified atom stereocenters. The van der Waals surface area contributed by atoms with E-state index in [0.29, 0.717) is 11.1 Å². The molecule has 0 N–H and O–H groups in total. The zero-order chi connectivity index (χ0) is 11.5. The smallest absolute Gasteiger partial charge is 0.284 e. The Labute approximate surface area is 106 Å². The fourth-order valence-electron chi connectivity index (χ4n) is 1.69. The Bertz CT molecular complexity index is 429. The lowest BCUT2D eigenvalue weighted by atomic mass is 10.2. The van der Waals surface area contributed by atoms with E-state index < -0.39 is 0 Å². The number of aromatic nitrogens is 2. The van der Waals surface area contributed by atoms with E-state index in [1.807, 2.05) is 6.26 Å². The first-order valence-electron chi connectivity index (χ1n) is 5.17. The second kappa shape index (κ2) is 5.33. The molecular weight excluding hydrogens is 292 g/mol. The van der Waals surface area contributed by atoms with Crippen LogP contribution in [0.15, 0.2) is 20.4 Å². The van der Waals surface area contributed by atoms with Crippen LogP contribution in [0.25, 0.3) is 0 Å². The van der Waals surface area contributed by atoms with Gasteiger partial charge in [-0.2, -0.15) is 9.78 Å². The van der Waals surface area contributed by atoms with Crippen LogP contribution in [0.4, 0.5) is 0 Å². The number of rotatable bonds is 2. The fraction of sp³-hybridized carbons (Fsp3) is 0.600. The molecule has 1 atom stereocenters. The van der Waals surface area contributed by atoms with Crippen molar-refractivity contribution >= 4 is 27.7 Å². The first-order valence-corrected chi connectivity index (χ1v) is 7.18. The van der Waals surface area contributed by atoms with Crippen molar-refractivity contribution in [2.75, 3.05) is 12.9 Å². The summed E-state index contributed by atoms with van der Waals surface area (Å²) >= 11 is 4.81. The Kier molecular flexibility index (Phi) is 4.05. The summed E-state index contributed by atoms with van der Waals surface area (Å²) in [5.74, 6) is 0. The topological polar surface area (TPSA) is 44.1 Å².